The van der Waals surface area contributed by atoms with Crippen LogP contribution < -0.4 is 11.1 Å². The van der Waals surface area contributed by atoms with Gasteiger partial charge in [-0.15, -0.1) is 0 Å². The number of nitrogens with two attached hydrogens (primary N) is 1. The molecule has 4 aliphatic carbocycles. The average molecular weight is 673 g/mol. The van der Waals surface area contributed by atoms with Gasteiger partial charge in [-0.3, -0.25) is 14.4 Å². The molecule has 0 unspecified atom stereocenters. The van der Waals surface area contributed by atoms with Crippen LogP contribution in [0.1, 0.15) is 105 Å². The number of aldehydes is 1. The van der Waals surface area contributed by atoms with E-state index in [9.17, 15) is 32.4 Å². The standard InChI is InChI=1S/C34H48N4O8S/c1-21(2)29(20-39)38(47(45,46)34-17-22-14-23(18-34)16-24(15-22)19-34)32(42)28-7-5-13-37(28)31(41)27(35)6-3-4-12-36-30(40)25-8-10-26(11-9-25)33(43)44/h8-11,20-24,27-29H,3-7,12-19,35H2,1-2H3,(H,36,40)(H,43,44)/t22?,23?,24?,27-,28-,29+,34?/m0/s1. The third-order valence-corrected chi connectivity index (χ3v) is 13.4. The number of likely N-dealkylation sites (tertiary alicyclic amines) is 1. The molecule has 0 radical (unpaired) electrons. The lowest BCUT2D eigenvalue weighted by Crippen LogP contribution is -2.64. The number of benzene rings is 1. The Balaban J connectivity index is 1.21. The summed E-state index contributed by atoms with van der Waals surface area (Å²) in [7, 11) is -4.21. The van der Waals surface area contributed by atoms with Crippen LogP contribution in [0.15, 0.2) is 24.3 Å². The number of nitrogens with zero attached hydrogens (tertiary/aromatic N) is 2. The molecule has 1 aromatic rings. The Labute approximate surface area is 276 Å². The fourth-order valence-corrected chi connectivity index (χ4v) is 11.5. The van der Waals surface area contributed by atoms with Crippen LogP contribution in [-0.2, 0) is 24.4 Å². The third-order valence-electron chi connectivity index (χ3n) is 10.9. The van der Waals surface area contributed by atoms with Crippen molar-refractivity contribution in [3.8, 4) is 0 Å². The predicted octanol–water partition coefficient (Wildman–Crippen LogP) is 2.95. The molecule has 12 nitrogen and oxygen atoms in total. The number of carboxylic acids is 1. The lowest BCUT2D eigenvalue weighted by atomic mass is 9.56. The summed E-state index contributed by atoms with van der Waals surface area (Å²) in [5.74, 6) is -2.02. The smallest absolute Gasteiger partial charge is 0.335 e. The second-order valence-electron chi connectivity index (χ2n) is 14.5. The molecule has 4 saturated carbocycles. The van der Waals surface area contributed by atoms with Crippen LogP contribution in [0.5, 0.6) is 0 Å². The molecular weight excluding hydrogens is 624 g/mol. The topological polar surface area (TPSA) is 184 Å². The Kier molecular flexibility index (Phi) is 10.5. The minimum absolute atomic E-state index is 0.0857. The van der Waals surface area contributed by atoms with E-state index in [0.29, 0.717) is 87.5 Å². The van der Waals surface area contributed by atoms with E-state index < -0.39 is 56.6 Å². The summed E-state index contributed by atoms with van der Waals surface area (Å²) in [5, 5.41) is 11.8. The fraction of sp³-hybridized carbons (Fsp3) is 0.676. The molecule has 4 bridgehead atoms. The number of hydrogen-bond acceptors (Lipinski definition) is 8. The first-order valence-electron chi connectivity index (χ1n) is 17.0. The highest BCUT2D eigenvalue weighted by molar-refractivity contribution is 7.91. The number of unbranched alkanes of at least 4 members (excludes halogenated alkanes) is 1. The minimum Gasteiger partial charge on any atom is -0.478 e. The number of nitrogens with one attached hydrogen (secondary N) is 1. The van der Waals surface area contributed by atoms with Crippen LogP contribution in [0.4, 0.5) is 0 Å². The predicted molar refractivity (Wildman–Crippen MR) is 174 cm³/mol. The highest BCUT2D eigenvalue weighted by atomic mass is 32.2. The summed E-state index contributed by atoms with van der Waals surface area (Å²) in [6.07, 6.45) is 7.39. The maximum atomic E-state index is 14.6. The van der Waals surface area contributed by atoms with Crippen molar-refractivity contribution < 1.29 is 37.5 Å². The number of sulfonamides is 1. The molecular formula is C34H48N4O8S. The van der Waals surface area contributed by atoms with E-state index in [1.807, 2.05) is 0 Å². The number of rotatable bonds is 14. The summed E-state index contributed by atoms with van der Waals surface area (Å²) in [6.45, 7) is 4.07. The monoisotopic (exact) mass is 672 g/mol. The van der Waals surface area contributed by atoms with Gasteiger partial charge in [0, 0.05) is 18.7 Å². The SMILES string of the molecule is CC(C)[C@@H](C=O)N(C(=O)[C@@H]1CCCN1C(=O)[C@@H](N)CCCCNC(=O)c1ccc(C(=O)O)cc1)S(=O)(=O)C12CC3CC(CC(C3)C1)C2. The second kappa shape index (κ2) is 14.0. The Morgan fingerprint density at radius 3 is 2.13 bits per heavy atom. The van der Waals surface area contributed by atoms with Crippen molar-refractivity contribution in [2.75, 3.05) is 13.1 Å². The molecule has 0 spiro atoms. The molecule has 5 aliphatic rings. The first-order chi connectivity index (χ1) is 22.3. The number of aromatic carboxylic acids is 1. The molecule has 1 aliphatic heterocycles. The van der Waals surface area contributed by atoms with Gasteiger partial charge in [0.05, 0.1) is 16.4 Å². The highest BCUT2D eigenvalue weighted by Crippen LogP contribution is 2.59. The van der Waals surface area contributed by atoms with Crippen LogP contribution in [0.3, 0.4) is 0 Å². The van der Waals surface area contributed by atoms with Crippen molar-refractivity contribution >= 4 is 40.0 Å². The van der Waals surface area contributed by atoms with Gasteiger partial charge in [-0.05, 0) is 119 Å². The third kappa shape index (κ3) is 6.97. The van der Waals surface area contributed by atoms with Gasteiger partial charge in [-0.25, -0.2) is 17.5 Å². The van der Waals surface area contributed by atoms with Crippen molar-refractivity contribution in [2.24, 2.45) is 29.4 Å². The zero-order chi connectivity index (χ0) is 34.1. The van der Waals surface area contributed by atoms with Gasteiger partial charge in [0.1, 0.15) is 18.4 Å². The van der Waals surface area contributed by atoms with E-state index in [1.54, 1.807) is 13.8 Å². The van der Waals surface area contributed by atoms with Crippen LogP contribution in [0.2, 0.25) is 0 Å². The summed E-state index contributed by atoms with van der Waals surface area (Å²) in [6, 6.07) is 2.52. The number of carboxylic acid groups (broad SMARTS) is 1. The quantitative estimate of drug-likeness (QED) is 0.198. The first-order valence-corrected chi connectivity index (χ1v) is 18.4. The molecule has 3 amide bonds. The summed E-state index contributed by atoms with van der Waals surface area (Å²) in [4.78, 5) is 65.1. The minimum atomic E-state index is -4.21. The number of hydrogen-bond donors (Lipinski definition) is 3. The summed E-state index contributed by atoms with van der Waals surface area (Å²) >= 11 is 0. The maximum absolute atomic E-state index is 14.6. The first kappa shape index (κ1) is 35.0. The Morgan fingerprint density at radius 2 is 1.60 bits per heavy atom. The molecule has 4 N–H and O–H groups in total. The van der Waals surface area contributed by atoms with E-state index >= 15 is 0 Å². The molecule has 6 rings (SSSR count). The van der Waals surface area contributed by atoms with Gasteiger partial charge < -0.3 is 25.9 Å². The van der Waals surface area contributed by atoms with Crippen LogP contribution >= 0.6 is 0 Å². The lowest BCUT2D eigenvalue weighted by molar-refractivity contribution is -0.143. The molecule has 258 valence electrons. The summed E-state index contributed by atoms with van der Waals surface area (Å²) < 4.78 is 29.1. The Hall–Kier alpha value is -3.32. The van der Waals surface area contributed by atoms with Crippen molar-refractivity contribution in [3.05, 3.63) is 35.4 Å². The highest BCUT2D eigenvalue weighted by Gasteiger charge is 2.61. The average Bonchev–Trinajstić information content (AvgIpc) is 3.51. The normalized spacial score (nSPS) is 27.8. The van der Waals surface area contributed by atoms with Gasteiger partial charge in [0.2, 0.25) is 15.9 Å². The fourth-order valence-electron chi connectivity index (χ4n) is 8.79. The van der Waals surface area contributed by atoms with Crippen LogP contribution in [0, 0.1) is 23.7 Å². The molecule has 1 saturated heterocycles. The van der Waals surface area contributed by atoms with Gasteiger partial charge in [-0.2, -0.15) is 0 Å². The molecule has 1 heterocycles. The van der Waals surface area contributed by atoms with Crippen molar-refractivity contribution in [2.45, 2.75) is 107 Å². The molecule has 1 aromatic carbocycles. The van der Waals surface area contributed by atoms with E-state index in [2.05, 4.69) is 5.32 Å². The molecule has 5 fully saturated rings. The van der Waals surface area contributed by atoms with Crippen molar-refractivity contribution in [1.29, 1.82) is 0 Å². The van der Waals surface area contributed by atoms with E-state index in [1.165, 1.54) is 29.2 Å². The van der Waals surface area contributed by atoms with Crippen molar-refractivity contribution in [1.82, 2.24) is 14.5 Å². The van der Waals surface area contributed by atoms with Crippen LogP contribution in [-0.4, -0.2) is 88.7 Å². The number of carbonyl (C=O) groups excluding carboxylic acids is 4. The van der Waals surface area contributed by atoms with Gasteiger partial charge in [0.25, 0.3) is 11.8 Å². The van der Waals surface area contributed by atoms with Gasteiger partial charge in [-0.1, -0.05) is 13.8 Å². The molecule has 0 aromatic heterocycles. The zero-order valence-electron chi connectivity index (χ0n) is 27.3. The zero-order valence-corrected chi connectivity index (χ0v) is 28.1. The van der Waals surface area contributed by atoms with Gasteiger partial charge in [0.15, 0.2) is 0 Å². The molecule has 13 heteroatoms. The number of carbonyl (C=O) groups is 5. The maximum Gasteiger partial charge on any atom is 0.335 e. The van der Waals surface area contributed by atoms with E-state index in [0.717, 1.165) is 23.6 Å². The Bertz CT molecular complexity index is 1440. The summed E-state index contributed by atoms with van der Waals surface area (Å²) in [5.41, 5.74) is 6.72. The van der Waals surface area contributed by atoms with Gasteiger partial charge >= 0.3 is 5.97 Å². The molecule has 47 heavy (non-hydrogen) atoms. The van der Waals surface area contributed by atoms with E-state index in [-0.39, 0.29) is 18.0 Å². The molecule has 3 atom stereocenters. The van der Waals surface area contributed by atoms with E-state index in [4.69, 9.17) is 10.8 Å². The van der Waals surface area contributed by atoms with Crippen molar-refractivity contribution in [3.63, 3.8) is 0 Å². The number of amides is 3. The second-order valence-corrected chi connectivity index (χ2v) is 16.8. The van der Waals surface area contributed by atoms with Crippen LogP contribution in [0.25, 0.3) is 0 Å². The lowest BCUT2D eigenvalue weighted by Gasteiger charge is -2.57. The Morgan fingerprint density at radius 1 is 1.02 bits per heavy atom. The largest absolute Gasteiger partial charge is 0.478 e.